The lowest BCUT2D eigenvalue weighted by atomic mass is 10.2. The predicted molar refractivity (Wildman–Crippen MR) is 63.3 cm³/mol. The van der Waals surface area contributed by atoms with Crippen LogP contribution in [0.4, 0.5) is 11.5 Å². The summed E-state index contributed by atoms with van der Waals surface area (Å²) in [6, 6.07) is 12.0. The van der Waals surface area contributed by atoms with Gasteiger partial charge in [-0.05, 0) is 12.1 Å². The van der Waals surface area contributed by atoms with Crippen LogP contribution in [0.5, 0.6) is 0 Å². The first kappa shape index (κ1) is 11.1. The number of anilines is 2. The summed E-state index contributed by atoms with van der Waals surface area (Å²) < 4.78 is 0. The average Bonchev–Trinajstić information content (AvgIpc) is 2.30. The second-order valence-corrected chi connectivity index (χ2v) is 3.43. The van der Waals surface area contributed by atoms with Crippen LogP contribution >= 0.6 is 0 Å². The molecule has 0 amide bonds. The van der Waals surface area contributed by atoms with Gasteiger partial charge in [0.05, 0.1) is 12.1 Å². The summed E-state index contributed by atoms with van der Waals surface area (Å²) in [5, 5.41) is 10.1. The van der Waals surface area contributed by atoms with Crippen LogP contribution in [0, 0.1) is 0 Å². The van der Waals surface area contributed by atoms with E-state index in [2.05, 4.69) is 15.3 Å². The largest absolute Gasteiger partial charge is 0.483 e. The van der Waals surface area contributed by atoms with E-state index in [1.165, 1.54) is 0 Å². The minimum atomic E-state index is -0.250. The van der Waals surface area contributed by atoms with Crippen LogP contribution in [0.2, 0.25) is 0 Å². The third-order valence-electron chi connectivity index (χ3n) is 2.21. The van der Waals surface area contributed by atoms with E-state index >= 15 is 0 Å². The van der Waals surface area contributed by atoms with Crippen LogP contribution in [0.25, 0.3) is 0 Å². The minimum absolute atomic E-state index is 0.250. The van der Waals surface area contributed by atoms with E-state index in [1.807, 2.05) is 36.4 Å². The summed E-state index contributed by atoms with van der Waals surface area (Å²) in [7, 11) is 0. The first-order valence-corrected chi connectivity index (χ1v) is 5.08. The normalized spacial score (nSPS) is 10.6. The zero-order chi connectivity index (χ0) is 12.1. The molecule has 17 heavy (non-hydrogen) atoms. The molecule has 5 heteroatoms. The Balaban J connectivity index is 0.000000329. The van der Waals surface area contributed by atoms with Gasteiger partial charge in [-0.3, -0.25) is 4.79 Å². The predicted octanol–water partition coefficient (Wildman–Crippen LogP) is 1.83. The van der Waals surface area contributed by atoms with Crippen LogP contribution in [0.3, 0.4) is 0 Å². The molecule has 2 aromatic rings. The highest BCUT2D eigenvalue weighted by atomic mass is 16.3. The van der Waals surface area contributed by atoms with Crippen molar-refractivity contribution in [3.63, 3.8) is 0 Å². The molecular weight excluding hydrogens is 218 g/mol. The third kappa shape index (κ3) is 2.78. The number of rotatable bonds is 2. The molecule has 2 bridgehead atoms. The number of carboxylic acid groups (broad SMARTS) is 1. The van der Waals surface area contributed by atoms with Gasteiger partial charge in [-0.1, -0.05) is 18.2 Å². The van der Waals surface area contributed by atoms with Crippen molar-refractivity contribution >= 4 is 18.0 Å². The Morgan fingerprint density at radius 1 is 1.24 bits per heavy atom. The first-order valence-electron chi connectivity index (χ1n) is 5.08. The third-order valence-corrected chi connectivity index (χ3v) is 2.21. The quantitative estimate of drug-likeness (QED) is 0.655. The van der Waals surface area contributed by atoms with Gasteiger partial charge in [0.2, 0.25) is 0 Å². The minimum Gasteiger partial charge on any atom is -0.483 e. The number of carbonyl (C=O) groups is 1. The molecule has 86 valence electrons. The first-order chi connectivity index (χ1) is 8.31. The van der Waals surface area contributed by atoms with E-state index in [0.717, 1.165) is 29.4 Å². The lowest BCUT2D eigenvalue weighted by molar-refractivity contribution is -0.122. The molecular formula is C12H11N3O2. The fourth-order valence-corrected chi connectivity index (χ4v) is 1.53. The van der Waals surface area contributed by atoms with Gasteiger partial charge >= 0.3 is 0 Å². The van der Waals surface area contributed by atoms with Gasteiger partial charge < -0.3 is 10.4 Å². The smallest absolute Gasteiger partial charge is 0.290 e. The summed E-state index contributed by atoms with van der Waals surface area (Å²) in [5.74, 6) is 1.82. The van der Waals surface area contributed by atoms with Gasteiger partial charge in [0.25, 0.3) is 6.47 Å². The van der Waals surface area contributed by atoms with Crippen molar-refractivity contribution in [1.29, 1.82) is 0 Å². The Hall–Kier alpha value is -2.43. The zero-order valence-corrected chi connectivity index (χ0v) is 9.00. The number of aromatic nitrogens is 2. The zero-order valence-electron chi connectivity index (χ0n) is 9.00. The number of hydrogen-bond acceptors (Lipinski definition) is 4. The van der Waals surface area contributed by atoms with Crippen molar-refractivity contribution < 1.29 is 9.90 Å². The van der Waals surface area contributed by atoms with E-state index in [0.29, 0.717) is 0 Å². The van der Waals surface area contributed by atoms with Crippen molar-refractivity contribution in [3.8, 4) is 0 Å². The molecule has 2 N–H and O–H groups in total. The second kappa shape index (κ2) is 5.07. The summed E-state index contributed by atoms with van der Waals surface area (Å²) in [6.45, 7) is -0.250. The Kier molecular flexibility index (Phi) is 3.30. The van der Waals surface area contributed by atoms with Crippen molar-refractivity contribution in [2.75, 3.05) is 5.32 Å². The molecule has 0 unspecified atom stereocenters. The maximum Gasteiger partial charge on any atom is 0.290 e. The summed E-state index contributed by atoms with van der Waals surface area (Å²) in [5.41, 5.74) is 2.18. The molecule has 0 aliphatic carbocycles. The Bertz CT molecular complexity index is 494. The van der Waals surface area contributed by atoms with Gasteiger partial charge in [0.1, 0.15) is 11.6 Å². The molecule has 1 aromatic carbocycles. The lowest BCUT2D eigenvalue weighted by Crippen LogP contribution is -2.12. The molecule has 1 aromatic heterocycles. The van der Waals surface area contributed by atoms with E-state index in [4.69, 9.17) is 9.90 Å². The Labute approximate surface area is 98.2 Å². The number of benzene rings is 1. The van der Waals surface area contributed by atoms with Crippen LogP contribution in [-0.4, -0.2) is 21.5 Å². The second-order valence-electron chi connectivity index (χ2n) is 3.43. The Morgan fingerprint density at radius 2 is 1.88 bits per heavy atom. The monoisotopic (exact) mass is 229 g/mol. The van der Waals surface area contributed by atoms with Gasteiger partial charge in [-0.2, -0.15) is 0 Å². The highest BCUT2D eigenvalue weighted by Crippen LogP contribution is 2.21. The van der Waals surface area contributed by atoms with Crippen LogP contribution < -0.4 is 5.32 Å². The summed E-state index contributed by atoms with van der Waals surface area (Å²) in [6.07, 6.45) is 0.931. The molecule has 2 aliphatic rings. The van der Waals surface area contributed by atoms with Crippen LogP contribution in [0.1, 0.15) is 11.5 Å². The van der Waals surface area contributed by atoms with E-state index in [-0.39, 0.29) is 6.47 Å². The summed E-state index contributed by atoms with van der Waals surface area (Å²) in [4.78, 5) is 16.9. The van der Waals surface area contributed by atoms with Gasteiger partial charge in [-0.15, -0.1) is 0 Å². The number of nitrogens with zero attached hydrogens (tertiary/aromatic N) is 2. The highest BCUT2D eigenvalue weighted by molar-refractivity contribution is 5.57. The van der Waals surface area contributed by atoms with Crippen molar-refractivity contribution in [3.05, 3.63) is 47.9 Å². The maximum absolute atomic E-state index is 8.36. The summed E-state index contributed by atoms with van der Waals surface area (Å²) >= 11 is 0. The van der Waals surface area contributed by atoms with Crippen LogP contribution in [0.15, 0.2) is 36.4 Å². The molecule has 0 fully saturated rings. The molecule has 4 rings (SSSR count). The van der Waals surface area contributed by atoms with Crippen molar-refractivity contribution in [1.82, 2.24) is 9.97 Å². The molecule has 0 spiro atoms. The highest BCUT2D eigenvalue weighted by Gasteiger charge is 2.14. The fraction of sp³-hybridized carbons (Fsp3) is 0.0833. The molecule has 2 aliphatic heterocycles. The topological polar surface area (TPSA) is 75.1 Å². The molecule has 0 atom stereocenters. The maximum atomic E-state index is 8.36. The number of para-hydroxylation sites is 1. The number of hydrogen-bond donors (Lipinski definition) is 2. The van der Waals surface area contributed by atoms with Crippen molar-refractivity contribution in [2.24, 2.45) is 0 Å². The van der Waals surface area contributed by atoms with Gasteiger partial charge in [0.15, 0.2) is 0 Å². The van der Waals surface area contributed by atoms with E-state index < -0.39 is 0 Å². The standard InChI is InChI=1S/C11H9N3.CH2O2/c1-2-4-8(5-3-1)12-10-6-9-7-11(13-9)14-10;2-1-3/h1-6H,7H2,(H,12,13,14);1H,(H,2,3). The van der Waals surface area contributed by atoms with E-state index in [1.54, 1.807) is 0 Å². The van der Waals surface area contributed by atoms with Crippen molar-refractivity contribution in [2.45, 2.75) is 6.42 Å². The SMILES string of the molecule is O=CO.c1ccc(Nc2cc3nc(n2)C3)cc1. The van der Waals surface area contributed by atoms with Gasteiger partial charge in [0, 0.05) is 11.8 Å². The number of fused-ring (bicyclic) bond motifs is 2. The molecule has 5 nitrogen and oxygen atoms in total. The van der Waals surface area contributed by atoms with E-state index in [9.17, 15) is 0 Å². The van der Waals surface area contributed by atoms with Gasteiger partial charge in [-0.25, -0.2) is 9.97 Å². The van der Waals surface area contributed by atoms with Crippen LogP contribution in [-0.2, 0) is 11.2 Å². The Morgan fingerprint density at radius 3 is 2.41 bits per heavy atom. The molecule has 3 heterocycles. The molecule has 0 saturated heterocycles. The lowest BCUT2D eigenvalue weighted by Gasteiger charge is -2.15. The molecule has 0 radical (unpaired) electrons. The fourth-order valence-electron chi connectivity index (χ4n) is 1.53. The molecule has 0 saturated carbocycles. The average molecular weight is 229 g/mol. The number of nitrogens with one attached hydrogen (secondary N) is 1.